The summed E-state index contributed by atoms with van der Waals surface area (Å²) < 4.78 is 0. The number of hydroxylamine groups is 1. The molecule has 0 radical (unpaired) electrons. The van der Waals surface area contributed by atoms with Gasteiger partial charge in [0.2, 0.25) is 11.8 Å². The highest BCUT2D eigenvalue weighted by atomic mass is 16.5. The van der Waals surface area contributed by atoms with E-state index >= 15 is 0 Å². The van der Waals surface area contributed by atoms with Gasteiger partial charge in [-0.25, -0.2) is 0 Å². The maximum atomic E-state index is 11.6. The summed E-state index contributed by atoms with van der Waals surface area (Å²) in [4.78, 5) is 34.4. The molecule has 1 aliphatic carbocycles. The highest BCUT2D eigenvalue weighted by molar-refractivity contribution is 5.91. The maximum Gasteiger partial charge on any atom is 0.240 e. The molecule has 0 aromatic carbocycles. The predicted octanol–water partition coefficient (Wildman–Crippen LogP) is -0.799. The van der Waals surface area contributed by atoms with Crippen molar-refractivity contribution in [3.8, 4) is 0 Å². The van der Waals surface area contributed by atoms with Crippen molar-refractivity contribution in [2.45, 2.75) is 32.7 Å². The molecule has 0 heterocycles. The average molecular weight is 271 g/mol. The van der Waals surface area contributed by atoms with E-state index in [1.807, 2.05) is 5.48 Å². The summed E-state index contributed by atoms with van der Waals surface area (Å²) in [6.07, 6.45) is 1.81. The fraction of sp³-hybridized carbons (Fsp3) is 0.750. The zero-order chi connectivity index (χ0) is 14.4. The summed E-state index contributed by atoms with van der Waals surface area (Å²) in [6.45, 7) is 3.34. The molecular formula is C12H21N3O4. The average Bonchev–Trinajstić information content (AvgIpc) is 3.17. The summed E-state index contributed by atoms with van der Waals surface area (Å²) in [5, 5.41) is 13.7. The first-order chi connectivity index (χ1) is 8.95. The number of rotatable bonds is 8. The fourth-order valence-electron chi connectivity index (χ4n) is 1.59. The van der Waals surface area contributed by atoms with E-state index in [0.717, 1.165) is 12.8 Å². The second-order valence-electron chi connectivity index (χ2n) is 5.09. The fourth-order valence-corrected chi connectivity index (χ4v) is 1.59. The third-order valence-electron chi connectivity index (χ3n) is 3.00. The van der Waals surface area contributed by atoms with Crippen LogP contribution in [0.4, 0.5) is 0 Å². The van der Waals surface area contributed by atoms with Gasteiger partial charge in [0.25, 0.3) is 0 Å². The second-order valence-corrected chi connectivity index (χ2v) is 5.09. The van der Waals surface area contributed by atoms with Crippen LogP contribution in [0.25, 0.3) is 0 Å². The molecule has 0 aromatic heterocycles. The third-order valence-corrected chi connectivity index (χ3v) is 3.00. The molecule has 0 saturated heterocycles. The van der Waals surface area contributed by atoms with E-state index in [2.05, 4.69) is 10.6 Å². The molecule has 1 aliphatic rings. The van der Waals surface area contributed by atoms with Crippen LogP contribution < -0.4 is 16.1 Å². The molecule has 4 N–H and O–H groups in total. The van der Waals surface area contributed by atoms with Gasteiger partial charge in [-0.1, -0.05) is 13.8 Å². The first-order valence-corrected chi connectivity index (χ1v) is 6.42. The summed E-state index contributed by atoms with van der Waals surface area (Å²) >= 11 is 0. The molecule has 7 nitrogen and oxygen atoms in total. The molecule has 7 heteroatoms. The SMILES string of the molecule is CC(C)[C@H](NO)C(=O)NCC(=O)NCC(=O)C1CC1. The van der Waals surface area contributed by atoms with Crippen LogP contribution in [0.15, 0.2) is 0 Å². The van der Waals surface area contributed by atoms with Gasteiger partial charge in [0.1, 0.15) is 6.04 Å². The summed E-state index contributed by atoms with van der Waals surface area (Å²) in [6, 6.07) is -0.763. The number of Topliss-reactive ketones (excluding diaryl/α,β-unsaturated/α-hetero) is 1. The smallest absolute Gasteiger partial charge is 0.240 e. The van der Waals surface area contributed by atoms with Crippen LogP contribution >= 0.6 is 0 Å². The number of carbonyl (C=O) groups is 3. The molecule has 19 heavy (non-hydrogen) atoms. The van der Waals surface area contributed by atoms with Gasteiger partial charge < -0.3 is 15.8 Å². The van der Waals surface area contributed by atoms with Crippen LogP contribution in [0.2, 0.25) is 0 Å². The van der Waals surface area contributed by atoms with E-state index in [4.69, 9.17) is 5.21 Å². The zero-order valence-corrected chi connectivity index (χ0v) is 11.2. The predicted molar refractivity (Wildman–Crippen MR) is 67.3 cm³/mol. The van der Waals surface area contributed by atoms with E-state index < -0.39 is 17.9 Å². The lowest BCUT2D eigenvalue weighted by atomic mass is 10.0. The van der Waals surface area contributed by atoms with Crippen LogP contribution in [-0.4, -0.2) is 41.9 Å². The van der Waals surface area contributed by atoms with Crippen LogP contribution in [0, 0.1) is 11.8 Å². The maximum absolute atomic E-state index is 11.6. The second kappa shape index (κ2) is 7.20. The molecule has 2 amide bonds. The minimum Gasteiger partial charge on any atom is -0.347 e. The molecule has 108 valence electrons. The van der Waals surface area contributed by atoms with Crippen molar-refractivity contribution in [3.05, 3.63) is 0 Å². The molecule has 1 fully saturated rings. The number of ketones is 1. The van der Waals surface area contributed by atoms with Crippen molar-refractivity contribution in [2.24, 2.45) is 11.8 Å². The molecule has 1 atom stereocenters. The monoisotopic (exact) mass is 271 g/mol. The quantitative estimate of drug-likeness (QED) is 0.432. The van der Waals surface area contributed by atoms with E-state index in [1.165, 1.54) is 0 Å². The Balaban J connectivity index is 2.21. The topological polar surface area (TPSA) is 108 Å². The third kappa shape index (κ3) is 5.35. The lowest BCUT2D eigenvalue weighted by molar-refractivity contribution is -0.130. The Morgan fingerprint density at radius 3 is 2.26 bits per heavy atom. The van der Waals surface area contributed by atoms with Crippen LogP contribution in [0.1, 0.15) is 26.7 Å². The standard InChI is InChI=1S/C12H21N3O4/c1-7(2)11(15-19)12(18)14-6-10(17)13-5-9(16)8-3-4-8/h7-8,11,15,19H,3-6H2,1-2H3,(H,13,17)(H,14,18)/t11-/m0/s1. The van der Waals surface area contributed by atoms with Crippen molar-refractivity contribution in [1.82, 2.24) is 16.1 Å². The zero-order valence-electron chi connectivity index (χ0n) is 11.2. The minimum absolute atomic E-state index is 0.0191. The Morgan fingerprint density at radius 1 is 1.16 bits per heavy atom. The lowest BCUT2D eigenvalue weighted by Gasteiger charge is -2.17. The van der Waals surface area contributed by atoms with Crippen LogP contribution in [-0.2, 0) is 14.4 Å². The molecule has 0 unspecified atom stereocenters. The number of hydrogen-bond donors (Lipinski definition) is 4. The van der Waals surface area contributed by atoms with Gasteiger partial charge in [0.15, 0.2) is 5.78 Å². The lowest BCUT2D eigenvalue weighted by Crippen LogP contribution is -2.49. The van der Waals surface area contributed by atoms with Gasteiger partial charge in [0, 0.05) is 5.92 Å². The summed E-state index contributed by atoms with van der Waals surface area (Å²) in [5.41, 5.74) is 1.90. The molecule has 0 bridgehead atoms. The van der Waals surface area contributed by atoms with Crippen LogP contribution in [0.3, 0.4) is 0 Å². The van der Waals surface area contributed by atoms with Crippen molar-refractivity contribution in [3.63, 3.8) is 0 Å². The molecule has 1 rings (SSSR count). The summed E-state index contributed by atoms with van der Waals surface area (Å²) in [5.74, 6) is -0.830. The van der Waals surface area contributed by atoms with Crippen LogP contribution in [0.5, 0.6) is 0 Å². The Kier molecular flexibility index (Phi) is 5.91. The molecule has 1 saturated carbocycles. The highest BCUT2D eigenvalue weighted by Gasteiger charge is 2.29. The molecule has 0 aromatic rings. The number of hydrogen-bond acceptors (Lipinski definition) is 5. The molecule has 0 spiro atoms. The van der Waals surface area contributed by atoms with Crippen molar-refractivity contribution < 1.29 is 19.6 Å². The van der Waals surface area contributed by atoms with E-state index in [9.17, 15) is 14.4 Å². The van der Waals surface area contributed by atoms with Gasteiger partial charge in [-0.05, 0) is 18.8 Å². The largest absolute Gasteiger partial charge is 0.347 e. The van der Waals surface area contributed by atoms with Crippen molar-refractivity contribution in [1.29, 1.82) is 0 Å². The van der Waals surface area contributed by atoms with Gasteiger partial charge in [-0.2, -0.15) is 5.48 Å². The number of nitrogens with one attached hydrogen (secondary N) is 3. The summed E-state index contributed by atoms with van der Waals surface area (Å²) in [7, 11) is 0. The Morgan fingerprint density at radius 2 is 1.79 bits per heavy atom. The Bertz CT molecular complexity index is 353. The van der Waals surface area contributed by atoms with E-state index in [1.54, 1.807) is 13.8 Å². The van der Waals surface area contributed by atoms with Gasteiger partial charge >= 0.3 is 0 Å². The number of amides is 2. The van der Waals surface area contributed by atoms with E-state index in [-0.39, 0.29) is 30.7 Å². The van der Waals surface area contributed by atoms with Crippen molar-refractivity contribution >= 4 is 17.6 Å². The molecule has 0 aliphatic heterocycles. The minimum atomic E-state index is -0.763. The first-order valence-electron chi connectivity index (χ1n) is 6.42. The Hall–Kier alpha value is -1.47. The normalized spacial score (nSPS) is 16.0. The number of carbonyl (C=O) groups excluding carboxylic acids is 3. The highest BCUT2D eigenvalue weighted by Crippen LogP contribution is 2.29. The molecular weight excluding hydrogens is 250 g/mol. The van der Waals surface area contributed by atoms with Gasteiger partial charge in [0.05, 0.1) is 13.1 Å². The van der Waals surface area contributed by atoms with Gasteiger partial charge in [-0.3, -0.25) is 14.4 Å². The first kappa shape index (κ1) is 15.6. The van der Waals surface area contributed by atoms with Crippen molar-refractivity contribution in [2.75, 3.05) is 13.1 Å². The Labute approximate surface area is 112 Å². The van der Waals surface area contributed by atoms with Gasteiger partial charge in [-0.15, -0.1) is 0 Å². The van der Waals surface area contributed by atoms with E-state index in [0.29, 0.717) is 0 Å².